The topological polar surface area (TPSA) is 36.4 Å². The number of halogens is 1. The van der Waals surface area contributed by atoms with E-state index in [1.165, 1.54) is 11.3 Å². The fourth-order valence-corrected chi connectivity index (χ4v) is 1.82. The van der Waals surface area contributed by atoms with Crippen molar-refractivity contribution in [3.05, 3.63) is 15.8 Å². The van der Waals surface area contributed by atoms with E-state index in [1.807, 2.05) is 11.4 Å². The third-order valence-electron chi connectivity index (χ3n) is 1.55. The van der Waals surface area contributed by atoms with E-state index in [0.717, 1.165) is 29.1 Å². The van der Waals surface area contributed by atoms with Crippen molar-refractivity contribution in [1.82, 2.24) is 5.32 Å². The number of hydrogen-bond acceptors (Lipinski definition) is 4. The van der Waals surface area contributed by atoms with Gasteiger partial charge < -0.3 is 10.6 Å². The normalized spacial score (nSPS) is 15.6. The molecule has 2 rings (SSSR count). The summed E-state index contributed by atoms with van der Waals surface area (Å²) >= 11 is 7.40. The average Bonchev–Trinajstić information content (AvgIpc) is 2.65. The molecule has 0 radical (unpaired) electrons. The van der Waals surface area contributed by atoms with Gasteiger partial charge in [0.1, 0.15) is 4.34 Å². The van der Waals surface area contributed by atoms with Crippen molar-refractivity contribution in [2.45, 2.75) is 0 Å². The highest BCUT2D eigenvalue weighted by atomic mass is 35.5. The molecule has 0 unspecified atom stereocenters. The van der Waals surface area contributed by atoms with Crippen molar-refractivity contribution in [1.29, 1.82) is 0 Å². The number of nitrogens with one attached hydrogen (secondary N) is 2. The van der Waals surface area contributed by atoms with Gasteiger partial charge in [0.05, 0.1) is 12.2 Å². The highest BCUT2D eigenvalue weighted by Crippen LogP contribution is 2.27. The fourth-order valence-electron chi connectivity index (χ4n) is 0.991. The third kappa shape index (κ3) is 1.54. The van der Waals surface area contributed by atoms with Gasteiger partial charge in [-0.1, -0.05) is 11.6 Å². The minimum absolute atomic E-state index is 0.770. The molecule has 0 atom stereocenters. The number of guanidine groups is 1. The summed E-state index contributed by atoms with van der Waals surface area (Å²) in [7, 11) is 0. The lowest BCUT2D eigenvalue weighted by atomic mass is 10.5. The summed E-state index contributed by atoms with van der Waals surface area (Å²) in [5.74, 6) is 0.815. The molecule has 5 heteroatoms. The predicted molar refractivity (Wildman–Crippen MR) is 53.3 cm³/mol. The van der Waals surface area contributed by atoms with Crippen molar-refractivity contribution in [3.8, 4) is 0 Å². The van der Waals surface area contributed by atoms with E-state index in [4.69, 9.17) is 11.6 Å². The van der Waals surface area contributed by atoms with E-state index >= 15 is 0 Å². The molecule has 3 nitrogen and oxygen atoms in total. The van der Waals surface area contributed by atoms with Crippen LogP contribution in [0.1, 0.15) is 0 Å². The first-order chi connectivity index (χ1) is 5.86. The van der Waals surface area contributed by atoms with Gasteiger partial charge in [0.2, 0.25) is 0 Å². The van der Waals surface area contributed by atoms with Gasteiger partial charge >= 0.3 is 0 Å². The monoisotopic (exact) mass is 201 g/mol. The largest absolute Gasteiger partial charge is 0.354 e. The smallest absolute Gasteiger partial charge is 0.195 e. The Morgan fingerprint density at radius 2 is 2.58 bits per heavy atom. The Kier molecular flexibility index (Phi) is 2.19. The van der Waals surface area contributed by atoms with Crippen molar-refractivity contribution >= 4 is 34.6 Å². The zero-order chi connectivity index (χ0) is 8.39. The van der Waals surface area contributed by atoms with Crippen LogP contribution < -0.4 is 10.6 Å². The van der Waals surface area contributed by atoms with Gasteiger partial charge in [-0.05, 0) is 11.4 Å². The average molecular weight is 202 g/mol. The maximum Gasteiger partial charge on any atom is 0.195 e. The van der Waals surface area contributed by atoms with Crippen LogP contribution in [-0.4, -0.2) is 19.0 Å². The molecule has 12 heavy (non-hydrogen) atoms. The van der Waals surface area contributed by atoms with Crippen LogP contribution in [0.15, 0.2) is 16.4 Å². The van der Waals surface area contributed by atoms with Gasteiger partial charge in [-0.3, -0.25) is 4.99 Å². The molecule has 2 heterocycles. The number of aliphatic imine (C=N–C) groups is 1. The number of hydrogen-bond donors (Lipinski definition) is 2. The van der Waals surface area contributed by atoms with Crippen molar-refractivity contribution in [3.63, 3.8) is 0 Å². The molecule has 1 aliphatic rings. The summed E-state index contributed by atoms with van der Waals surface area (Å²) in [6, 6.07) is 1.94. The highest BCUT2D eigenvalue weighted by Gasteiger charge is 2.07. The molecule has 0 saturated carbocycles. The second-order valence-electron chi connectivity index (χ2n) is 2.39. The lowest BCUT2D eigenvalue weighted by molar-refractivity contribution is 0.959. The molecule has 0 aromatic carbocycles. The van der Waals surface area contributed by atoms with Gasteiger partial charge in [-0.15, -0.1) is 11.3 Å². The molecule has 64 valence electrons. The minimum atomic E-state index is 0.770. The van der Waals surface area contributed by atoms with Crippen LogP contribution in [0.4, 0.5) is 5.69 Å². The van der Waals surface area contributed by atoms with Gasteiger partial charge in [0.15, 0.2) is 5.96 Å². The van der Waals surface area contributed by atoms with Crippen LogP contribution in [0.3, 0.4) is 0 Å². The molecular weight excluding hydrogens is 194 g/mol. The number of rotatable bonds is 1. The van der Waals surface area contributed by atoms with Crippen LogP contribution in [-0.2, 0) is 0 Å². The highest BCUT2D eigenvalue weighted by molar-refractivity contribution is 7.15. The third-order valence-corrected chi connectivity index (χ3v) is 2.72. The summed E-state index contributed by atoms with van der Waals surface area (Å²) in [6.45, 7) is 1.74. The summed E-state index contributed by atoms with van der Waals surface area (Å²) < 4.78 is 0.770. The maximum absolute atomic E-state index is 5.89. The molecule has 2 N–H and O–H groups in total. The van der Waals surface area contributed by atoms with Gasteiger partial charge in [-0.2, -0.15) is 0 Å². The summed E-state index contributed by atoms with van der Waals surface area (Å²) in [4.78, 5) is 4.19. The first-order valence-corrected chi connectivity index (χ1v) is 4.90. The minimum Gasteiger partial charge on any atom is -0.354 e. The van der Waals surface area contributed by atoms with Crippen LogP contribution >= 0.6 is 22.9 Å². The molecule has 0 aliphatic carbocycles. The Hall–Kier alpha value is -0.740. The van der Waals surface area contributed by atoms with E-state index in [1.54, 1.807) is 0 Å². The predicted octanol–water partition coefficient (Wildman–Crippen LogP) is 1.77. The van der Waals surface area contributed by atoms with Crippen LogP contribution in [0.25, 0.3) is 0 Å². The molecular formula is C7H8ClN3S. The lowest BCUT2D eigenvalue weighted by Crippen LogP contribution is -2.25. The van der Waals surface area contributed by atoms with E-state index in [-0.39, 0.29) is 0 Å². The Bertz CT molecular complexity index is 307. The number of thiophene rings is 1. The molecule has 0 spiro atoms. The molecule has 0 bridgehead atoms. The SMILES string of the molecule is Clc1sccc1NC1=NCCN1. The quantitative estimate of drug-likeness (QED) is 0.727. The van der Waals surface area contributed by atoms with Crippen LogP contribution in [0.2, 0.25) is 4.34 Å². The molecule has 0 fully saturated rings. The summed E-state index contributed by atoms with van der Waals surface area (Å²) in [5.41, 5.74) is 0.926. The maximum atomic E-state index is 5.89. The standard InChI is InChI=1S/C7H8ClN3S/c8-6-5(1-4-12-6)11-7-9-2-3-10-7/h1,4H,2-3H2,(H2,9,10,11). The van der Waals surface area contributed by atoms with E-state index in [0.29, 0.717) is 0 Å². The van der Waals surface area contributed by atoms with E-state index in [2.05, 4.69) is 15.6 Å². The van der Waals surface area contributed by atoms with E-state index in [9.17, 15) is 0 Å². The Morgan fingerprint density at radius 1 is 1.67 bits per heavy atom. The first kappa shape index (κ1) is 7.89. The second kappa shape index (κ2) is 3.33. The lowest BCUT2D eigenvalue weighted by Gasteiger charge is -2.03. The molecule has 1 aromatic heterocycles. The summed E-state index contributed by atoms with van der Waals surface area (Å²) in [6.07, 6.45) is 0. The van der Waals surface area contributed by atoms with Crippen molar-refractivity contribution < 1.29 is 0 Å². The van der Waals surface area contributed by atoms with Crippen LogP contribution in [0.5, 0.6) is 0 Å². The second-order valence-corrected chi connectivity index (χ2v) is 3.91. The van der Waals surface area contributed by atoms with Crippen molar-refractivity contribution in [2.75, 3.05) is 18.4 Å². The molecule has 1 aliphatic heterocycles. The first-order valence-electron chi connectivity index (χ1n) is 3.64. The van der Waals surface area contributed by atoms with Gasteiger partial charge in [0.25, 0.3) is 0 Å². The zero-order valence-electron chi connectivity index (χ0n) is 6.30. The van der Waals surface area contributed by atoms with Crippen LogP contribution in [0, 0.1) is 0 Å². The Labute approximate surface area is 79.5 Å². The fraction of sp³-hybridized carbons (Fsp3) is 0.286. The Balaban J connectivity index is 2.08. The van der Waals surface area contributed by atoms with E-state index < -0.39 is 0 Å². The number of nitrogens with zero attached hydrogens (tertiary/aromatic N) is 1. The van der Waals surface area contributed by atoms with Gasteiger partial charge in [0, 0.05) is 6.54 Å². The molecule has 1 aromatic rings. The number of anilines is 1. The summed E-state index contributed by atoms with van der Waals surface area (Å²) in [5, 5.41) is 8.16. The molecule has 0 amide bonds. The van der Waals surface area contributed by atoms with Crippen molar-refractivity contribution in [2.24, 2.45) is 4.99 Å². The van der Waals surface area contributed by atoms with Gasteiger partial charge in [-0.25, -0.2) is 0 Å². The zero-order valence-corrected chi connectivity index (χ0v) is 7.87. The molecule has 0 saturated heterocycles. The Morgan fingerprint density at radius 3 is 3.17 bits per heavy atom.